The van der Waals surface area contributed by atoms with Crippen molar-refractivity contribution in [3.8, 4) is 5.75 Å². The highest BCUT2D eigenvalue weighted by molar-refractivity contribution is 9.10. The molecule has 0 aliphatic rings. The van der Waals surface area contributed by atoms with Crippen LogP contribution in [0.25, 0.3) is 6.08 Å². The van der Waals surface area contributed by atoms with Gasteiger partial charge in [-0.05, 0) is 28.1 Å². The summed E-state index contributed by atoms with van der Waals surface area (Å²) >= 11 is 3.39. The summed E-state index contributed by atoms with van der Waals surface area (Å²) in [6, 6.07) is 5.48. The molecule has 0 aliphatic heterocycles. The molecule has 4 nitrogen and oxygen atoms in total. The molecule has 0 saturated carbocycles. The summed E-state index contributed by atoms with van der Waals surface area (Å²) in [5.41, 5.74) is 0.726. The Hall–Kier alpha value is -1.33. The lowest BCUT2D eigenvalue weighted by Crippen LogP contribution is -2.03. The summed E-state index contributed by atoms with van der Waals surface area (Å²) in [5, 5.41) is 8.63. The lowest BCUT2D eigenvalue weighted by molar-refractivity contribution is -0.131. The minimum atomic E-state index is -0.986. The third-order valence-electron chi connectivity index (χ3n) is 2.14. The van der Waals surface area contributed by atoms with Gasteiger partial charge >= 0.3 is 5.97 Å². The van der Waals surface area contributed by atoms with Gasteiger partial charge in [0.25, 0.3) is 0 Å². The Bertz CT molecular complexity index is 429. The molecule has 1 N–H and O–H groups in total. The normalized spacial score (nSPS) is 10.8. The standard InChI is InChI=1S/C13H15BrO4/c1-17-8-3-9-18-13-10(6-7-12(15)16)4-2-5-11(13)14/h2,4-7H,3,8-9H2,1H3,(H,15,16). The van der Waals surface area contributed by atoms with Crippen molar-refractivity contribution >= 4 is 28.0 Å². The second kappa shape index (κ2) is 7.89. The maximum Gasteiger partial charge on any atom is 0.328 e. The van der Waals surface area contributed by atoms with Crippen LogP contribution in [0.5, 0.6) is 5.75 Å². The van der Waals surface area contributed by atoms with Crippen molar-refractivity contribution in [1.29, 1.82) is 0 Å². The van der Waals surface area contributed by atoms with Crippen molar-refractivity contribution < 1.29 is 19.4 Å². The average Bonchev–Trinajstić information content (AvgIpc) is 2.34. The number of benzene rings is 1. The van der Waals surface area contributed by atoms with E-state index in [9.17, 15) is 4.79 Å². The van der Waals surface area contributed by atoms with Crippen LogP contribution >= 0.6 is 15.9 Å². The van der Waals surface area contributed by atoms with Crippen LogP contribution in [0.3, 0.4) is 0 Å². The Balaban J connectivity index is 2.77. The van der Waals surface area contributed by atoms with Crippen molar-refractivity contribution in [2.75, 3.05) is 20.3 Å². The molecule has 0 heterocycles. The first-order valence-electron chi connectivity index (χ1n) is 5.46. The van der Waals surface area contributed by atoms with Crippen molar-refractivity contribution in [3.63, 3.8) is 0 Å². The summed E-state index contributed by atoms with van der Waals surface area (Å²) in [7, 11) is 1.64. The Morgan fingerprint density at radius 3 is 2.89 bits per heavy atom. The smallest absolute Gasteiger partial charge is 0.328 e. The molecule has 0 unspecified atom stereocenters. The first-order valence-corrected chi connectivity index (χ1v) is 6.25. The molecule has 1 rings (SSSR count). The van der Waals surface area contributed by atoms with Crippen LogP contribution in [0.1, 0.15) is 12.0 Å². The van der Waals surface area contributed by atoms with Gasteiger partial charge in [-0.25, -0.2) is 4.79 Å². The van der Waals surface area contributed by atoms with E-state index in [-0.39, 0.29) is 0 Å². The highest BCUT2D eigenvalue weighted by Gasteiger charge is 2.06. The topological polar surface area (TPSA) is 55.8 Å². The Morgan fingerprint density at radius 1 is 1.44 bits per heavy atom. The average molecular weight is 315 g/mol. The highest BCUT2D eigenvalue weighted by atomic mass is 79.9. The maximum absolute atomic E-state index is 10.5. The van der Waals surface area contributed by atoms with Gasteiger partial charge in [-0.2, -0.15) is 0 Å². The number of hydrogen-bond donors (Lipinski definition) is 1. The van der Waals surface area contributed by atoms with E-state index in [1.807, 2.05) is 12.1 Å². The molecule has 1 aromatic carbocycles. The molecular weight excluding hydrogens is 300 g/mol. The number of para-hydroxylation sites is 1. The number of carboxylic acids is 1. The van der Waals surface area contributed by atoms with E-state index in [0.29, 0.717) is 19.0 Å². The fraction of sp³-hybridized carbons (Fsp3) is 0.308. The zero-order chi connectivity index (χ0) is 13.4. The van der Waals surface area contributed by atoms with Gasteiger partial charge in [0.05, 0.1) is 11.1 Å². The molecule has 0 aromatic heterocycles. The molecule has 0 bridgehead atoms. The van der Waals surface area contributed by atoms with Crippen molar-refractivity contribution in [2.45, 2.75) is 6.42 Å². The minimum absolute atomic E-state index is 0.518. The molecule has 18 heavy (non-hydrogen) atoms. The molecular formula is C13H15BrO4. The molecule has 98 valence electrons. The van der Waals surface area contributed by atoms with Crippen molar-refractivity contribution in [3.05, 3.63) is 34.3 Å². The second-order valence-corrected chi connectivity index (χ2v) is 4.38. The molecule has 0 amide bonds. The predicted molar refractivity (Wildman–Crippen MR) is 72.8 cm³/mol. The first-order chi connectivity index (χ1) is 8.65. The Labute approximate surface area is 114 Å². The second-order valence-electron chi connectivity index (χ2n) is 3.52. The van der Waals surface area contributed by atoms with E-state index >= 15 is 0 Å². The van der Waals surface area contributed by atoms with E-state index in [0.717, 1.165) is 22.5 Å². The Kier molecular flexibility index (Phi) is 6.46. The monoisotopic (exact) mass is 314 g/mol. The largest absolute Gasteiger partial charge is 0.492 e. The molecule has 0 spiro atoms. The highest BCUT2D eigenvalue weighted by Crippen LogP contribution is 2.30. The third-order valence-corrected chi connectivity index (χ3v) is 2.77. The summed E-state index contributed by atoms with van der Waals surface area (Å²) < 4.78 is 11.4. The molecule has 1 aromatic rings. The Morgan fingerprint density at radius 2 is 2.22 bits per heavy atom. The molecule has 0 atom stereocenters. The zero-order valence-electron chi connectivity index (χ0n) is 10.1. The van der Waals surface area contributed by atoms with Gasteiger partial charge in [-0.15, -0.1) is 0 Å². The molecule has 0 fully saturated rings. The van der Waals surface area contributed by atoms with Gasteiger partial charge in [0.15, 0.2) is 0 Å². The number of carbonyl (C=O) groups is 1. The van der Waals surface area contributed by atoms with Crippen LogP contribution < -0.4 is 4.74 Å². The van der Waals surface area contributed by atoms with Crippen LogP contribution in [-0.4, -0.2) is 31.4 Å². The van der Waals surface area contributed by atoms with Crippen LogP contribution in [0.15, 0.2) is 28.7 Å². The number of rotatable bonds is 7. The first kappa shape index (κ1) is 14.7. The molecule has 0 saturated heterocycles. The van der Waals surface area contributed by atoms with Crippen LogP contribution in [0.2, 0.25) is 0 Å². The summed E-state index contributed by atoms with van der Waals surface area (Å²) in [5.74, 6) is -0.341. The number of aliphatic carboxylic acids is 1. The quantitative estimate of drug-likeness (QED) is 0.621. The van der Waals surface area contributed by atoms with Crippen LogP contribution in [0, 0.1) is 0 Å². The predicted octanol–water partition coefficient (Wildman–Crippen LogP) is 2.96. The van der Waals surface area contributed by atoms with Gasteiger partial charge < -0.3 is 14.6 Å². The summed E-state index contributed by atoms with van der Waals surface area (Å²) in [4.78, 5) is 10.5. The van der Waals surface area contributed by atoms with Gasteiger partial charge in [0.2, 0.25) is 0 Å². The molecule has 0 aliphatic carbocycles. The van der Waals surface area contributed by atoms with Crippen LogP contribution in [-0.2, 0) is 9.53 Å². The minimum Gasteiger partial charge on any atom is -0.492 e. The zero-order valence-corrected chi connectivity index (χ0v) is 11.6. The summed E-state index contributed by atoms with van der Waals surface area (Å²) in [6.45, 7) is 1.15. The van der Waals surface area contributed by atoms with Gasteiger partial charge in [-0.3, -0.25) is 0 Å². The number of hydrogen-bond acceptors (Lipinski definition) is 3. The third kappa shape index (κ3) is 4.89. The van der Waals surface area contributed by atoms with Gasteiger partial charge in [0.1, 0.15) is 5.75 Å². The van der Waals surface area contributed by atoms with E-state index < -0.39 is 5.97 Å². The van der Waals surface area contributed by atoms with Crippen molar-refractivity contribution in [2.24, 2.45) is 0 Å². The number of carboxylic acid groups (broad SMARTS) is 1. The van der Waals surface area contributed by atoms with Gasteiger partial charge in [-0.1, -0.05) is 12.1 Å². The number of halogens is 1. The molecule has 5 heteroatoms. The fourth-order valence-electron chi connectivity index (χ4n) is 1.35. The van der Waals surface area contributed by atoms with E-state index in [2.05, 4.69) is 15.9 Å². The maximum atomic E-state index is 10.5. The number of ether oxygens (including phenoxy) is 2. The van der Waals surface area contributed by atoms with E-state index in [4.69, 9.17) is 14.6 Å². The fourth-order valence-corrected chi connectivity index (χ4v) is 1.84. The summed E-state index contributed by atoms with van der Waals surface area (Å²) in [6.07, 6.45) is 3.38. The van der Waals surface area contributed by atoms with Crippen LogP contribution in [0.4, 0.5) is 0 Å². The lowest BCUT2D eigenvalue weighted by atomic mass is 10.2. The van der Waals surface area contributed by atoms with E-state index in [1.54, 1.807) is 13.2 Å². The van der Waals surface area contributed by atoms with Crippen molar-refractivity contribution in [1.82, 2.24) is 0 Å². The van der Waals surface area contributed by atoms with Gasteiger partial charge in [0, 0.05) is 31.8 Å². The lowest BCUT2D eigenvalue weighted by Gasteiger charge is -2.10. The number of methoxy groups -OCH3 is 1. The van der Waals surface area contributed by atoms with E-state index in [1.165, 1.54) is 6.08 Å². The molecule has 0 radical (unpaired) electrons. The SMILES string of the molecule is COCCCOc1c(Br)cccc1C=CC(=O)O.